The van der Waals surface area contributed by atoms with Crippen molar-refractivity contribution in [2.24, 2.45) is 0 Å². The zero-order valence-corrected chi connectivity index (χ0v) is 10.3. The van der Waals surface area contributed by atoms with Crippen LogP contribution in [-0.4, -0.2) is 28.1 Å². The van der Waals surface area contributed by atoms with E-state index in [4.69, 9.17) is 0 Å². The molecule has 0 aliphatic carbocycles. The third-order valence-electron chi connectivity index (χ3n) is 3.00. The number of piperidine rings is 1. The fourth-order valence-corrected chi connectivity index (χ4v) is 2.65. The highest BCUT2D eigenvalue weighted by Gasteiger charge is 2.40. The second-order valence-electron chi connectivity index (χ2n) is 5.72. The summed E-state index contributed by atoms with van der Waals surface area (Å²) in [6, 6.07) is 0.109. The predicted octanol–water partition coefficient (Wildman–Crippen LogP) is 1.64. The normalized spacial score (nSPS) is 26.3. The Morgan fingerprint density at radius 1 is 1.27 bits per heavy atom. The van der Waals surface area contributed by atoms with E-state index in [0.717, 1.165) is 5.06 Å². The van der Waals surface area contributed by atoms with Crippen molar-refractivity contribution in [2.45, 2.75) is 64.6 Å². The fourth-order valence-electron chi connectivity index (χ4n) is 2.65. The lowest BCUT2D eigenvalue weighted by molar-refractivity contribution is -0.120. The van der Waals surface area contributed by atoms with Gasteiger partial charge in [0.05, 0.1) is 0 Å². The van der Waals surface area contributed by atoms with Gasteiger partial charge >= 0.3 is 0 Å². The highest BCUT2D eigenvalue weighted by molar-refractivity contribution is 5.73. The van der Waals surface area contributed by atoms with Gasteiger partial charge in [0.1, 0.15) is 0 Å². The van der Waals surface area contributed by atoms with Gasteiger partial charge < -0.3 is 15.6 Å². The summed E-state index contributed by atoms with van der Waals surface area (Å²) in [4.78, 5) is 11.0. The molecule has 1 N–H and O–H groups in total. The summed E-state index contributed by atoms with van der Waals surface area (Å²) < 4.78 is 0. The minimum absolute atomic E-state index is 0.0223. The Bertz CT molecular complexity index is 243. The summed E-state index contributed by atoms with van der Waals surface area (Å²) in [5.74, 6) is -0.0223. The molecule has 0 spiro atoms. The molecule has 4 heteroatoms. The first-order valence-corrected chi connectivity index (χ1v) is 5.40. The molecule has 0 aromatic carbocycles. The van der Waals surface area contributed by atoms with E-state index in [-0.39, 0.29) is 11.9 Å². The monoisotopic (exact) mass is 213 g/mol. The van der Waals surface area contributed by atoms with Crippen LogP contribution in [0.25, 0.3) is 0 Å². The highest BCUT2D eigenvalue weighted by Crippen LogP contribution is 2.37. The van der Waals surface area contributed by atoms with Gasteiger partial charge in [-0.15, -0.1) is 0 Å². The minimum Gasteiger partial charge on any atom is -0.784 e. The Labute approximate surface area is 91.6 Å². The van der Waals surface area contributed by atoms with Crippen LogP contribution in [-0.2, 0) is 4.79 Å². The lowest BCUT2D eigenvalue weighted by atomic mass is 9.79. The quantitative estimate of drug-likeness (QED) is 0.720. The average molecular weight is 213 g/mol. The molecular weight excluding hydrogens is 192 g/mol. The van der Waals surface area contributed by atoms with Crippen LogP contribution >= 0.6 is 0 Å². The van der Waals surface area contributed by atoms with E-state index in [2.05, 4.69) is 5.32 Å². The Kier molecular flexibility index (Phi) is 3.12. The summed E-state index contributed by atoms with van der Waals surface area (Å²) in [5.41, 5.74) is -0.816. The van der Waals surface area contributed by atoms with Gasteiger partial charge in [-0.25, -0.2) is 0 Å². The van der Waals surface area contributed by atoms with Crippen molar-refractivity contribution in [2.75, 3.05) is 0 Å². The SMILES string of the molecule is CC(=O)NC1CC(C)(C)N([O-])C(C)(C)C1. The van der Waals surface area contributed by atoms with E-state index in [9.17, 15) is 10.0 Å². The van der Waals surface area contributed by atoms with Gasteiger partial charge in [0.2, 0.25) is 5.91 Å². The van der Waals surface area contributed by atoms with Crippen molar-refractivity contribution < 1.29 is 4.79 Å². The zero-order valence-electron chi connectivity index (χ0n) is 10.3. The van der Waals surface area contributed by atoms with Gasteiger partial charge in [-0.1, -0.05) is 0 Å². The molecule has 1 rings (SSSR count). The van der Waals surface area contributed by atoms with E-state index < -0.39 is 11.1 Å². The minimum atomic E-state index is -0.408. The molecule has 0 radical (unpaired) electrons. The first kappa shape index (κ1) is 12.5. The summed E-state index contributed by atoms with van der Waals surface area (Å²) in [6.07, 6.45) is 1.42. The number of nitrogens with one attached hydrogen (secondary N) is 1. The van der Waals surface area contributed by atoms with Crippen molar-refractivity contribution in [1.29, 1.82) is 0 Å². The molecule has 0 unspecified atom stereocenters. The molecule has 0 aromatic heterocycles. The first-order chi connectivity index (χ1) is 6.65. The van der Waals surface area contributed by atoms with Crippen molar-refractivity contribution in [3.8, 4) is 0 Å². The van der Waals surface area contributed by atoms with E-state index in [0.29, 0.717) is 12.8 Å². The van der Waals surface area contributed by atoms with Gasteiger partial charge in [0.25, 0.3) is 0 Å². The molecule has 1 aliphatic rings. The van der Waals surface area contributed by atoms with Crippen molar-refractivity contribution in [3.05, 3.63) is 5.21 Å². The summed E-state index contributed by atoms with van der Waals surface area (Å²) in [7, 11) is 0. The van der Waals surface area contributed by atoms with Crippen LogP contribution < -0.4 is 5.32 Å². The van der Waals surface area contributed by atoms with Gasteiger partial charge in [0, 0.05) is 24.0 Å². The maximum absolute atomic E-state index is 12.0. The molecule has 15 heavy (non-hydrogen) atoms. The van der Waals surface area contributed by atoms with Gasteiger partial charge in [0.15, 0.2) is 0 Å². The number of hydrogen-bond donors (Lipinski definition) is 1. The summed E-state index contributed by atoms with van der Waals surface area (Å²) >= 11 is 0. The second kappa shape index (κ2) is 3.76. The Morgan fingerprint density at radius 3 is 2.00 bits per heavy atom. The van der Waals surface area contributed by atoms with Gasteiger partial charge in [-0.2, -0.15) is 0 Å². The van der Waals surface area contributed by atoms with E-state index in [1.165, 1.54) is 6.92 Å². The third kappa shape index (κ3) is 2.69. The largest absolute Gasteiger partial charge is 0.784 e. The van der Waals surface area contributed by atoms with Crippen LogP contribution in [0.4, 0.5) is 0 Å². The number of amides is 1. The molecule has 1 heterocycles. The number of hydroxylamine groups is 2. The molecule has 1 aliphatic heterocycles. The molecule has 1 amide bonds. The van der Waals surface area contributed by atoms with E-state index in [1.54, 1.807) is 0 Å². The standard InChI is InChI=1S/C11H21N2O2/c1-8(14)12-9-6-10(2,3)13(15)11(4,5)7-9/h9H,6-7H2,1-5H3,(H,12,14)/q-1. The smallest absolute Gasteiger partial charge is 0.217 e. The third-order valence-corrected chi connectivity index (χ3v) is 3.00. The molecule has 0 aromatic rings. The second-order valence-corrected chi connectivity index (χ2v) is 5.72. The maximum atomic E-state index is 12.0. The van der Waals surface area contributed by atoms with Gasteiger partial charge in [-0.05, 0) is 40.5 Å². The Morgan fingerprint density at radius 2 is 1.67 bits per heavy atom. The molecule has 0 saturated carbocycles. The Balaban J connectivity index is 2.79. The first-order valence-electron chi connectivity index (χ1n) is 5.40. The van der Waals surface area contributed by atoms with Crippen LogP contribution in [0.2, 0.25) is 0 Å². The van der Waals surface area contributed by atoms with Crippen LogP contribution in [0, 0.1) is 5.21 Å². The summed E-state index contributed by atoms with van der Waals surface area (Å²) in [5, 5.41) is 16.1. The van der Waals surface area contributed by atoms with Crippen LogP contribution in [0.5, 0.6) is 0 Å². The lowest BCUT2D eigenvalue weighted by Gasteiger charge is -2.59. The number of carbonyl (C=O) groups excluding carboxylic acids is 1. The van der Waals surface area contributed by atoms with Crippen molar-refractivity contribution in [1.82, 2.24) is 10.4 Å². The molecule has 0 atom stereocenters. The van der Waals surface area contributed by atoms with Crippen LogP contribution in [0.15, 0.2) is 0 Å². The topological polar surface area (TPSA) is 55.4 Å². The van der Waals surface area contributed by atoms with Crippen molar-refractivity contribution in [3.63, 3.8) is 0 Å². The zero-order chi connectivity index (χ0) is 11.9. The van der Waals surface area contributed by atoms with Gasteiger partial charge in [-0.3, -0.25) is 4.79 Å². The van der Waals surface area contributed by atoms with E-state index >= 15 is 0 Å². The molecule has 88 valence electrons. The number of nitrogens with zero attached hydrogens (tertiary/aromatic N) is 1. The summed E-state index contributed by atoms with van der Waals surface area (Å²) in [6.45, 7) is 9.22. The molecule has 1 saturated heterocycles. The fraction of sp³-hybridized carbons (Fsp3) is 0.909. The van der Waals surface area contributed by atoms with E-state index in [1.807, 2.05) is 27.7 Å². The molecule has 1 fully saturated rings. The maximum Gasteiger partial charge on any atom is 0.217 e. The van der Waals surface area contributed by atoms with Crippen LogP contribution in [0.3, 0.4) is 0 Å². The van der Waals surface area contributed by atoms with Crippen LogP contribution in [0.1, 0.15) is 47.5 Å². The average Bonchev–Trinajstić information content (AvgIpc) is 1.97. The van der Waals surface area contributed by atoms with Crippen molar-refractivity contribution >= 4 is 5.91 Å². The highest BCUT2D eigenvalue weighted by atomic mass is 16.5. The molecule has 4 nitrogen and oxygen atoms in total. The predicted molar refractivity (Wildman–Crippen MR) is 60.2 cm³/mol. The number of hydrogen-bond acceptors (Lipinski definition) is 3. The molecule has 0 bridgehead atoms. The number of rotatable bonds is 1. The molecular formula is C11H21N2O2-. The lowest BCUT2D eigenvalue weighted by Crippen LogP contribution is -2.61. The Hall–Kier alpha value is -0.610. The number of carbonyl (C=O) groups is 1.